The minimum absolute atomic E-state index is 0.147. The van der Waals surface area contributed by atoms with Crippen molar-refractivity contribution in [2.75, 3.05) is 0 Å². The minimum atomic E-state index is -0.719. The lowest BCUT2D eigenvalue weighted by atomic mass is 9.91. The van der Waals surface area contributed by atoms with Gasteiger partial charge < -0.3 is 10.1 Å². The summed E-state index contributed by atoms with van der Waals surface area (Å²) in [6.07, 6.45) is 3.92. The van der Waals surface area contributed by atoms with Crippen LogP contribution in [0, 0.1) is 0 Å². The van der Waals surface area contributed by atoms with Crippen LogP contribution in [-0.2, 0) is 10.2 Å². The van der Waals surface area contributed by atoms with E-state index in [0.717, 1.165) is 40.3 Å². The molecule has 1 aromatic carbocycles. The molecule has 2 heterocycles. The van der Waals surface area contributed by atoms with Crippen LogP contribution in [-0.4, -0.2) is 21.0 Å². The van der Waals surface area contributed by atoms with Crippen LogP contribution in [0.1, 0.15) is 24.8 Å². The van der Waals surface area contributed by atoms with Gasteiger partial charge in [0, 0.05) is 27.9 Å². The van der Waals surface area contributed by atoms with E-state index in [9.17, 15) is 4.79 Å². The molecule has 1 fully saturated rings. The number of carboxylic acid groups (broad SMARTS) is 1. The number of aromatic nitrogens is 2. The van der Waals surface area contributed by atoms with Crippen molar-refractivity contribution in [3.63, 3.8) is 0 Å². The lowest BCUT2D eigenvalue weighted by molar-refractivity contribution is -0.137. The highest BCUT2D eigenvalue weighted by atomic mass is 16.4. The fourth-order valence-corrected chi connectivity index (χ4v) is 3.06. The third-order valence-corrected chi connectivity index (χ3v) is 4.33. The molecule has 4 heteroatoms. The van der Waals surface area contributed by atoms with Gasteiger partial charge in [0.2, 0.25) is 0 Å². The quantitative estimate of drug-likeness (QED) is 0.765. The van der Waals surface area contributed by atoms with Crippen molar-refractivity contribution in [1.82, 2.24) is 9.97 Å². The summed E-state index contributed by atoms with van der Waals surface area (Å²) in [7, 11) is 0. The number of benzene rings is 1. The van der Waals surface area contributed by atoms with E-state index < -0.39 is 5.97 Å². The zero-order valence-electron chi connectivity index (χ0n) is 10.9. The summed E-state index contributed by atoms with van der Waals surface area (Å²) in [5.41, 5.74) is 2.92. The number of aliphatic carboxylic acids is 1. The van der Waals surface area contributed by atoms with Gasteiger partial charge in [0.1, 0.15) is 5.65 Å². The van der Waals surface area contributed by atoms with Crippen LogP contribution in [0.3, 0.4) is 0 Å². The maximum absolute atomic E-state index is 11.0. The van der Waals surface area contributed by atoms with E-state index in [1.54, 1.807) is 6.20 Å². The molecule has 0 amide bonds. The third-order valence-electron chi connectivity index (χ3n) is 4.33. The monoisotopic (exact) mass is 266 g/mol. The first-order valence-electron chi connectivity index (χ1n) is 6.77. The van der Waals surface area contributed by atoms with Gasteiger partial charge in [-0.15, -0.1) is 0 Å². The number of rotatable bonds is 3. The van der Waals surface area contributed by atoms with Gasteiger partial charge in [0.05, 0.1) is 6.42 Å². The summed E-state index contributed by atoms with van der Waals surface area (Å²) < 4.78 is 0. The number of hydrogen-bond donors (Lipinski definition) is 2. The van der Waals surface area contributed by atoms with Crippen LogP contribution in [0.4, 0.5) is 0 Å². The molecule has 4 nitrogen and oxygen atoms in total. The first-order chi connectivity index (χ1) is 9.68. The number of aromatic amines is 1. The van der Waals surface area contributed by atoms with Crippen molar-refractivity contribution in [2.24, 2.45) is 0 Å². The van der Waals surface area contributed by atoms with Gasteiger partial charge in [-0.3, -0.25) is 4.79 Å². The number of nitrogens with one attached hydrogen (secondary N) is 1. The first kappa shape index (κ1) is 11.5. The van der Waals surface area contributed by atoms with Crippen molar-refractivity contribution >= 4 is 27.9 Å². The predicted molar refractivity (Wildman–Crippen MR) is 76.8 cm³/mol. The van der Waals surface area contributed by atoms with Crippen molar-refractivity contribution < 1.29 is 9.90 Å². The van der Waals surface area contributed by atoms with E-state index >= 15 is 0 Å². The second-order valence-corrected chi connectivity index (χ2v) is 5.64. The molecule has 0 aliphatic heterocycles. The zero-order chi connectivity index (χ0) is 13.7. The second-order valence-electron chi connectivity index (χ2n) is 5.64. The van der Waals surface area contributed by atoms with Gasteiger partial charge in [-0.25, -0.2) is 4.98 Å². The summed E-state index contributed by atoms with van der Waals surface area (Å²) in [4.78, 5) is 18.7. The Kier molecular flexibility index (Phi) is 2.19. The molecule has 0 saturated heterocycles. The van der Waals surface area contributed by atoms with Gasteiger partial charge in [0.25, 0.3) is 0 Å². The fraction of sp³-hybridized carbons (Fsp3) is 0.250. The Bertz CT molecular complexity index is 831. The summed E-state index contributed by atoms with van der Waals surface area (Å²) in [6.45, 7) is 0. The molecule has 0 atom stereocenters. The highest BCUT2D eigenvalue weighted by Gasteiger charge is 2.46. The Balaban J connectivity index is 1.90. The average Bonchev–Trinajstić information content (AvgIpc) is 3.11. The molecule has 100 valence electrons. The Hall–Kier alpha value is -2.36. The molecule has 2 aromatic heterocycles. The molecule has 1 aliphatic rings. The minimum Gasteiger partial charge on any atom is -0.481 e. The van der Waals surface area contributed by atoms with E-state index in [0.29, 0.717) is 0 Å². The fourth-order valence-electron chi connectivity index (χ4n) is 3.06. The van der Waals surface area contributed by atoms with Crippen molar-refractivity contribution in [2.45, 2.75) is 24.7 Å². The molecular formula is C16H14N2O2. The van der Waals surface area contributed by atoms with Gasteiger partial charge in [-0.1, -0.05) is 6.07 Å². The molecule has 0 bridgehead atoms. The predicted octanol–water partition coefficient (Wildman–Crippen LogP) is 3.22. The number of carbonyl (C=O) groups is 1. The SMILES string of the molecule is O=C(O)CC1(c2ccc3[nH]c4ncccc4c3c2)CC1. The van der Waals surface area contributed by atoms with E-state index in [1.807, 2.05) is 24.3 Å². The summed E-state index contributed by atoms with van der Waals surface area (Å²) >= 11 is 0. The van der Waals surface area contributed by atoms with Crippen LogP contribution >= 0.6 is 0 Å². The zero-order valence-corrected chi connectivity index (χ0v) is 10.9. The van der Waals surface area contributed by atoms with Crippen molar-refractivity contribution in [3.05, 3.63) is 42.1 Å². The summed E-state index contributed by atoms with van der Waals surface area (Å²) in [5, 5.41) is 11.3. The Morgan fingerprint density at radius 1 is 1.30 bits per heavy atom. The largest absolute Gasteiger partial charge is 0.481 e. The molecule has 3 aromatic rings. The molecule has 1 saturated carbocycles. The lowest BCUT2D eigenvalue weighted by Crippen LogP contribution is -2.12. The van der Waals surface area contributed by atoms with E-state index in [2.05, 4.69) is 16.0 Å². The maximum atomic E-state index is 11.0. The van der Waals surface area contributed by atoms with Crippen molar-refractivity contribution in [3.8, 4) is 0 Å². The topological polar surface area (TPSA) is 66.0 Å². The number of pyridine rings is 1. The molecule has 0 radical (unpaired) electrons. The number of hydrogen-bond acceptors (Lipinski definition) is 2. The number of carboxylic acids is 1. The van der Waals surface area contributed by atoms with Crippen LogP contribution in [0.15, 0.2) is 36.5 Å². The summed E-state index contributed by atoms with van der Waals surface area (Å²) in [5.74, 6) is -0.719. The molecule has 2 N–H and O–H groups in total. The maximum Gasteiger partial charge on any atom is 0.304 e. The second kappa shape index (κ2) is 3.82. The number of H-pyrrole nitrogens is 1. The smallest absolute Gasteiger partial charge is 0.304 e. The normalized spacial score (nSPS) is 16.6. The van der Waals surface area contributed by atoms with Gasteiger partial charge in [-0.05, 0) is 42.7 Å². The Morgan fingerprint density at radius 2 is 2.15 bits per heavy atom. The van der Waals surface area contributed by atoms with Gasteiger partial charge >= 0.3 is 5.97 Å². The van der Waals surface area contributed by atoms with Crippen LogP contribution in [0.25, 0.3) is 21.9 Å². The average molecular weight is 266 g/mol. The third kappa shape index (κ3) is 1.61. The molecule has 0 unspecified atom stereocenters. The molecule has 0 spiro atoms. The van der Waals surface area contributed by atoms with E-state index in [-0.39, 0.29) is 11.8 Å². The van der Waals surface area contributed by atoms with Gasteiger partial charge in [-0.2, -0.15) is 0 Å². The molecule has 1 aliphatic carbocycles. The molecule has 4 rings (SSSR count). The van der Waals surface area contributed by atoms with Crippen LogP contribution in [0.5, 0.6) is 0 Å². The highest BCUT2D eigenvalue weighted by Crippen LogP contribution is 2.51. The van der Waals surface area contributed by atoms with E-state index in [1.165, 1.54) is 0 Å². The summed E-state index contributed by atoms with van der Waals surface area (Å²) in [6, 6.07) is 10.2. The standard InChI is InChI=1S/C16H14N2O2/c19-14(20)9-16(5-6-16)10-3-4-13-12(8-10)11-2-1-7-17-15(11)18-13/h1-4,7-8H,5-6,9H2,(H,17,18)(H,19,20). The van der Waals surface area contributed by atoms with E-state index in [4.69, 9.17) is 5.11 Å². The van der Waals surface area contributed by atoms with Gasteiger partial charge in [0.15, 0.2) is 0 Å². The lowest BCUT2D eigenvalue weighted by Gasteiger charge is -2.13. The molecular weight excluding hydrogens is 252 g/mol. The molecule has 20 heavy (non-hydrogen) atoms. The Morgan fingerprint density at radius 3 is 2.90 bits per heavy atom. The number of fused-ring (bicyclic) bond motifs is 3. The Labute approximate surface area is 115 Å². The highest BCUT2D eigenvalue weighted by molar-refractivity contribution is 6.06. The first-order valence-corrected chi connectivity index (χ1v) is 6.77. The number of nitrogens with zero attached hydrogens (tertiary/aromatic N) is 1. The van der Waals surface area contributed by atoms with Crippen LogP contribution < -0.4 is 0 Å². The van der Waals surface area contributed by atoms with Crippen LogP contribution in [0.2, 0.25) is 0 Å². The van der Waals surface area contributed by atoms with Crippen molar-refractivity contribution in [1.29, 1.82) is 0 Å².